The summed E-state index contributed by atoms with van der Waals surface area (Å²) in [6, 6.07) is 9.10. The Bertz CT molecular complexity index is 987. The van der Waals surface area contributed by atoms with Gasteiger partial charge < -0.3 is 4.74 Å². The van der Waals surface area contributed by atoms with Crippen molar-refractivity contribution in [1.82, 2.24) is 9.21 Å². The number of nitrogens with zero attached hydrogens (tertiary/aromatic N) is 2. The Morgan fingerprint density at radius 3 is 2.59 bits per heavy atom. The summed E-state index contributed by atoms with van der Waals surface area (Å²) in [6.07, 6.45) is 9.95. The summed E-state index contributed by atoms with van der Waals surface area (Å²) < 4.78 is 32.9. The highest BCUT2D eigenvalue weighted by Crippen LogP contribution is 2.50. The second kappa shape index (κ2) is 9.41. The molecule has 3 aliphatic rings. The average molecular weight is 459 g/mol. The first kappa shape index (κ1) is 23.7. The van der Waals surface area contributed by atoms with Crippen molar-refractivity contribution in [2.24, 2.45) is 11.3 Å². The molecule has 4 atom stereocenters. The summed E-state index contributed by atoms with van der Waals surface area (Å²) >= 11 is 0. The zero-order valence-corrected chi connectivity index (χ0v) is 20.8. The van der Waals surface area contributed by atoms with Crippen LogP contribution in [-0.2, 0) is 14.8 Å². The van der Waals surface area contributed by atoms with Crippen LogP contribution in [0.15, 0.2) is 42.5 Å². The van der Waals surface area contributed by atoms with E-state index < -0.39 is 10.0 Å². The monoisotopic (exact) mass is 458 g/mol. The lowest BCUT2D eigenvalue weighted by atomic mass is 9.60. The summed E-state index contributed by atoms with van der Waals surface area (Å²) in [4.78, 5) is 2.52. The van der Waals surface area contributed by atoms with Gasteiger partial charge in [-0.05, 0) is 61.8 Å². The predicted octanol–water partition coefficient (Wildman–Crippen LogP) is 4.11. The standard InChI is InChI=1S/C26H38N2O3S/c1-5-32(29,30)27-16-8-9-17-28-23(18-27)25(24(28)19-31-4)26(3)14-12-21(13-15-26)22-11-7-6-10-20(22)2/h6-7,10-14,23-25H,5,8-9,15-19H2,1-4H3/t23-,24+,25-,26?/m0/s1. The number of rotatable bonds is 6. The molecule has 5 nitrogen and oxygen atoms in total. The van der Waals surface area contributed by atoms with Crippen LogP contribution in [0.1, 0.15) is 44.2 Å². The lowest BCUT2D eigenvalue weighted by Gasteiger charge is -2.62. The average Bonchev–Trinajstić information content (AvgIpc) is 2.76. The molecule has 1 aromatic carbocycles. The summed E-state index contributed by atoms with van der Waals surface area (Å²) in [6.45, 7) is 9.22. The zero-order valence-electron chi connectivity index (χ0n) is 20.0. The third kappa shape index (κ3) is 4.35. The number of allylic oxidation sites excluding steroid dienone is 4. The largest absolute Gasteiger partial charge is 0.383 e. The molecule has 0 aromatic heterocycles. The first-order valence-corrected chi connectivity index (χ1v) is 13.6. The molecule has 2 saturated heterocycles. The fourth-order valence-corrected chi connectivity index (χ4v) is 7.17. The van der Waals surface area contributed by atoms with Crippen LogP contribution in [0.5, 0.6) is 0 Å². The van der Waals surface area contributed by atoms with Gasteiger partial charge >= 0.3 is 0 Å². The van der Waals surface area contributed by atoms with Crippen molar-refractivity contribution in [2.45, 2.75) is 52.1 Å². The molecule has 0 saturated carbocycles. The second-order valence-electron chi connectivity index (χ2n) is 9.84. The van der Waals surface area contributed by atoms with Gasteiger partial charge in [-0.1, -0.05) is 49.4 Å². The minimum atomic E-state index is -3.19. The Balaban J connectivity index is 1.60. The Hall–Kier alpha value is -1.47. The van der Waals surface area contributed by atoms with Crippen LogP contribution in [0.2, 0.25) is 0 Å². The van der Waals surface area contributed by atoms with Crippen LogP contribution in [0, 0.1) is 18.3 Å². The number of aryl methyl sites for hydroxylation is 1. The maximum atomic E-state index is 12.8. The van der Waals surface area contributed by atoms with E-state index in [1.807, 2.05) is 0 Å². The molecule has 1 aromatic rings. The van der Waals surface area contributed by atoms with Gasteiger partial charge in [0.15, 0.2) is 0 Å². The molecule has 1 aliphatic carbocycles. The lowest BCUT2D eigenvalue weighted by molar-refractivity contribution is -0.134. The van der Waals surface area contributed by atoms with Gasteiger partial charge in [0.05, 0.1) is 12.4 Å². The topological polar surface area (TPSA) is 49.9 Å². The van der Waals surface area contributed by atoms with Gasteiger partial charge in [0.2, 0.25) is 10.0 Å². The summed E-state index contributed by atoms with van der Waals surface area (Å²) in [7, 11) is -1.42. The predicted molar refractivity (Wildman–Crippen MR) is 131 cm³/mol. The SMILES string of the molecule is CCS(=O)(=O)N1CCCCN2[C@H](COC)[C@@H](C3(C)C=CC(c4ccccc4C)=CC3)[C@@H]2C1. The first-order valence-electron chi connectivity index (χ1n) is 12.0. The number of fused-ring (bicyclic) bond motifs is 1. The Kier molecular flexibility index (Phi) is 6.97. The van der Waals surface area contributed by atoms with E-state index in [4.69, 9.17) is 4.74 Å². The molecule has 0 amide bonds. The molecular formula is C26H38N2O3S. The molecule has 0 spiro atoms. The number of sulfonamides is 1. The van der Waals surface area contributed by atoms with E-state index in [1.54, 1.807) is 18.3 Å². The lowest BCUT2D eigenvalue weighted by Crippen LogP contribution is -2.72. The molecule has 2 fully saturated rings. The van der Waals surface area contributed by atoms with Crippen LogP contribution in [0.3, 0.4) is 0 Å². The van der Waals surface area contributed by atoms with Crippen LogP contribution < -0.4 is 0 Å². The van der Waals surface area contributed by atoms with E-state index in [-0.39, 0.29) is 17.2 Å². The van der Waals surface area contributed by atoms with E-state index in [1.165, 1.54) is 16.7 Å². The molecule has 4 rings (SSSR count). The van der Waals surface area contributed by atoms with Crippen molar-refractivity contribution >= 4 is 15.6 Å². The van der Waals surface area contributed by atoms with Crippen molar-refractivity contribution in [2.75, 3.05) is 39.1 Å². The molecule has 1 unspecified atom stereocenters. The quantitative estimate of drug-likeness (QED) is 0.644. The summed E-state index contributed by atoms with van der Waals surface area (Å²) in [5.41, 5.74) is 3.85. The van der Waals surface area contributed by atoms with E-state index >= 15 is 0 Å². The van der Waals surface area contributed by atoms with Crippen LogP contribution in [0.4, 0.5) is 0 Å². The smallest absolute Gasteiger partial charge is 0.213 e. The van der Waals surface area contributed by atoms with E-state index in [2.05, 4.69) is 61.2 Å². The maximum absolute atomic E-state index is 12.8. The fraction of sp³-hybridized carbons (Fsp3) is 0.615. The van der Waals surface area contributed by atoms with Gasteiger partial charge in [-0.15, -0.1) is 0 Å². The minimum absolute atomic E-state index is 0.0165. The van der Waals surface area contributed by atoms with Gasteiger partial charge in [-0.25, -0.2) is 12.7 Å². The van der Waals surface area contributed by atoms with E-state index in [9.17, 15) is 8.42 Å². The molecule has 6 heteroatoms. The number of hydrogen-bond donors (Lipinski definition) is 0. The van der Waals surface area contributed by atoms with Crippen molar-refractivity contribution in [1.29, 1.82) is 0 Å². The molecule has 2 aliphatic heterocycles. The number of ether oxygens (including phenoxy) is 1. The third-order valence-electron chi connectivity index (χ3n) is 7.86. The molecule has 32 heavy (non-hydrogen) atoms. The fourth-order valence-electron chi connectivity index (χ4n) is 6.02. The zero-order chi connectivity index (χ0) is 22.9. The van der Waals surface area contributed by atoms with Gasteiger partial charge in [0.1, 0.15) is 0 Å². The van der Waals surface area contributed by atoms with Crippen LogP contribution in [0.25, 0.3) is 5.57 Å². The Morgan fingerprint density at radius 1 is 1.19 bits per heavy atom. The molecule has 0 radical (unpaired) electrons. The summed E-state index contributed by atoms with van der Waals surface area (Å²) in [5.74, 6) is 0.534. The van der Waals surface area contributed by atoms with Crippen molar-refractivity contribution in [3.8, 4) is 0 Å². The Labute approximate surface area is 194 Å². The second-order valence-corrected chi connectivity index (χ2v) is 12.1. The van der Waals surface area contributed by atoms with E-state index in [0.717, 1.165) is 25.8 Å². The number of benzene rings is 1. The van der Waals surface area contributed by atoms with Crippen molar-refractivity contribution in [3.05, 3.63) is 53.6 Å². The summed E-state index contributed by atoms with van der Waals surface area (Å²) in [5, 5.41) is 0. The number of hydrogen-bond acceptors (Lipinski definition) is 4. The maximum Gasteiger partial charge on any atom is 0.213 e. The molecule has 0 N–H and O–H groups in total. The normalized spacial score (nSPS) is 31.9. The highest BCUT2D eigenvalue weighted by molar-refractivity contribution is 7.89. The third-order valence-corrected chi connectivity index (χ3v) is 9.71. The van der Waals surface area contributed by atoms with Gasteiger partial charge in [-0.2, -0.15) is 0 Å². The molecule has 176 valence electrons. The highest BCUT2D eigenvalue weighted by Gasteiger charge is 2.56. The molecule has 0 bridgehead atoms. The minimum Gasteiger partial charge on any atom is -0.383 e. The van der Waals surface area contributed by atoms with Gasteiger partial charge in [-0.3, -0.25) is 4.90 Å². The van der Waals surface area contributed by atoms with Crippen LogP contribution in [-0.4, -0.2) is 68.8 Å². The van der Waals surface area contributed by atoms with Crippen molar-refractivity contribution < 1.29 is 13.2 Å². The Morgan fingerprint density at radius 2 is 1.94 bits per heavy atom. The molecule has 2 heterocycles. The van der Waals surface area contributed by atoms with E-state index in [0.29, 0.717) is 31.7 Å². The van der Waals surface area contributed by atoms with Gasteiger partial charge in [0.25, 0.3) is 0 Å². The van der Waals surface area contributed by atoms with Gasteiger partial charge in [0, 0.05) is 38.2 Å². The highest BCUT2D eigenvalue weighted by atomic mass is 32.2. The molecular weight excluding hydrogens is 420 g/mol. The van der Waals surface area contributed by atoms with Crippen LogP contribution >= 0.6 is 0 Å². The van der Waals surface area contributed by atoms with Crippen molar-refractivity contribution in [3.63, 3.8) is 0 Å². The first-order chi connectivity index (χ1) is 15.3. The number of methoxy groups -OCH3 is 1.